The number of aliphatic hydroxyl groups is 1. The Kier molecular flexibility index (Phi) is 1.51. The Labute approximate surface area is 48.1 Å². The van der Waals surface area contributed by atoms with Crippen molar-refractivity contribution in [1.82, 2.24) is 0 Å². The quantitative estimate of drug-likeness (QED) is 0.440. The monoisotopic (exact) mass is 118 g/mol. The second-order valence-electron chi connectivity index (χ2n) is 1.98. The lowest BCUT2D eigenvalue weighted by atomic mass is 10.2. The number of unbranched alkanes of at least 4 members (excludes halogenated alkanes) is 1. The van der Waals surface area contributed by atoms with Crippen molar-refractivity contribution in [2.24, 2.45) is 0 Å². The molecule has 0 aromatic heterocycles. The first-order chi connectivity index (χ1) is 3.77. The van der Waals surface area contributed by atoms with Crippen molar-refractivity contribution in [3.8, 4) is 0 Å². The van der Waals surface area contributed by atoms with E-state index in [4.69, 9.17) is 5.11 Å². The SMILES string of the molecule is CCCCC1(O)OO1. The van der Waals surface area contributed by atoms with Crippen LogP contribution in [0.15, 0.2) is 0 Å². The molecule has 1 rings (SSSR count). The smallest absolute Gasteiger partial charge is 0.337 e. The lowest BCUT2D eigenvalue weighted by Crippen LogP contribution is -2.06. The van der Waals surface area contributed by atoms with Gasteiger partial charge < -0.3 is 5.11 Å². The van der Waals surface area contributed by atoms with Gasteiger partial charge in [0.05, 0.1) is 0 Å². The van der Waals surface area contributed by atoms with Crippen molar-refractivity contribution in [2.75, 3.05) is 0 Å². The Morgan fingerprint density at radius 1 is 1.50 bits per heavy atom. The average molecular weight is 118 g/mol. The van der Waals surface area contributed by atoms with Crippen molar-refractivity contribution < 1.29 is 14.9 Å². The van der Waals surface area contributed by atoms with Gasteiger partial charge in [0.25, 0.3) is 0 Å². The molecule has 0 spiro atoms. The van der Waals surface area contributed by atoms with Crippen LogP contribution in [0.1, 0.15) is 26.2 Å². The summed E-state index contributed by atoms with van der Waals surface area (Å²) in [7, 11) is 0. The van der Waals surface area contributed by atoms with Crippen LogP contribution in [0.4, 0.5) is 0 Å². The van der Waals surface area contributed by atoms with Crippen LogP contribution in [-0.2, 0) is 9.78 Å². The minimum atomic E-state index is -1.20. The minimum absolute atomic E-state index is 0.587. The van der Waals surface area contributed by atoms with Crippen LogP contribution in [0, 0.1) is 0 Å². The van der Waals surface area contributed by atoms with Crippen LogP contribution in [0.5, 0.6) is 0 Å². The minimum Gasteiger partial charge on any atom is -0.340 e. The van der Waals surface area contributed by atoms with E-state index in [0.29, 0.717) is 6.42 Å². The molecule has 0 saturated carbocycles. The average Bonchev–Trinajstić information content (AvgIpc) is 2.45. The summed E-state index contributed by atoms with van der Waals surface area (Å²) < 4.78 is 0. The molecule has 1 saturated heterocycles. The van der Waals surface area contributed by atoms with Gasteiger partial charge in [-0.15, -0.1) is 0 Å². The van der Waals surface area contributed by atoms with E-state index < -0.39 is 5.97 Å². The van der Waals surface area contributed by atoms with Gasteiger partial charge in [-0.2, -0.15) is 9.78 Å². The van der Waals surface area contributed by atoms with E-state index in [9.17, 15) is 0 Å². The van der Waals surface area contributed by atoms with Crippen LogP contribution < -0.4 is 0 Å². The van der Waals surface area contributed by atoms with Crippen molar-refractivity contribution in [2.45, 2.75) is 32.2 Å². The van der Waals surface area contributed by atoms with Crippen molar-refractivity contribution >= 4 is 0 Å². The molecule has 1 fully saturated rings. The topological polar surface area (TPSA) is 45.3 Å². The van der Waals surface area contributed by atoms with E-state index in [2.05, 4.69) is 9.78 Å². The number of hydrogen-bond acceptors (Lipinski definition) is 3. The molecular formula is C5H10O3. The van der Waals surface area contributed by atoms with Gasteiger partial charge >= 0.3 is 5.97 Å². The Bertz CT molecular complexity index is 77.7. The Hall–Kier alpha value is -0.120. The fourth-order valence-corrected chi connectivity index (χ4v) is 0.532. The lowest BCUT2D eigenvalue weighted by molar-refractivity contribution is 0.0196. The summed E-state index contributed by atoms with van der Waals surface area (Å²) in [5.41, 5.74) is 0. The molecule has 3 heteroatoms. The molecular weight excluding hydrogens is 108 g/mol. The van der Waals surface area contributed by atoms with E-state index in [1.54, 1.807) is 0 Å². The molecule has 0 amide bonds. The van der Waals surface area contributed by atoms with E-state index in [0.717, 1.165) is 12.8 Å². The zero-order chi connectivity index (χ0) is 6.04. The predicted molar refractivity (Wildman–Crippen MR) is 26.6 cm³/mol. The molecule has 48 valence electrons. The highest BCUT2D eigenvalue weighted by Gasteiger charge is 2.45. The third-order valence-corrected chi connectivity index (χ3v) is 1.12. The molecule has 1 heterocycles. The second-order valence-corrected chi connectivity index (χ2v) is 1.98. The van der Waals surface area contributed by atoms with E-state index >= 15 is 0 Å². The molecule has 0 atom stereocenters. The van der Waals surface area contributed by atoms with Gasteiger partial charge in [0, 0.05) is 6.42 Å². The summed E-state index contributed by atoms with van der Waals surface area (Å²) in [6.07, 6.45) is 2.58. The maximum absolute atomic E-state index is 8.82. The van der Waals surface area contributed by atoms with Crippen LogP contribution >= 0.6 is 0 Å². The first kappa shape index (κ1) is 6.01. The highest BCUT2D eigenvalue weighted by molar-refractivity contribution is 4.56. The molecule has 0 aliphatic carbocycles. The van der Waals surface area contributed by atoms with Crippen LogP contribution in [0.3, 0.4) is 0 Å². The van der Waals surface area contributed by atoms with Gasteiger partial charge in [0.15, 0.2) is 0 Å². The number of rotatable bonds is 3. The molecule has 0 bridgehead atoms. The summed E-state index contributed by atoms with van der Waals surface area (Å²) >= 11 is 0. The van der Waals surface area contributed by atoms with Crippen molar-refractivity contribution in [3.05, 3.63) is 0 Å². The molecule has 1 aliphatic rings. The normalized spacial score (nSPS) is 23.2. The predicted octanol–water partition coefficient (Wildman–Crippen LogP) is 0.784. The molecule has 1 aliphatic heterocycles. The van der Waals surface area contributed by atoms with Gasteiger partial charge in [-0.25, -0.2) is 0 Å². The lowest BCUT2D eigenvalue weighted by Gasteiger charge is -1.93. The molecule has 0 aromatic carbocycles. The molecule has 0 aromatic rings. The van der Waals surface area contributed by atoms with Crippen molar-refractivity contribution in [1.29, 1.82) is 0 Å². The zero-order valence-corrected chi connectivity index (χ0v) is 4.89. The summed E-state index contributed by atoms with van der Waals surface area (Å²) in [4.78, 5) is 8.51. The van der Waals surface area contributed by atoms with Gasteiger partial charge in [-0.3, -0.25) is 0 Å². The maximum Gasteiger partial charge on any atom is 0.337 e. The third kappa shape index (κ3) is 1.43. The van der Waals surface area contributed by atoms with Crippen molar-refractivity contribution in [3.63, 3.8) is 0 Å². The summed E-state index contributed by atoms with van der Waals surface area (Å²) in [6.45, 7) is 2.05. The van der Waals surface area contributed by atoms with E-state index in [1.807, 2.05) is 6.92 Å². The summed E-state index contributed by atoms with van der Waals surface area (Å²) in [5, 5.41) is 8.82. The number of hydrogen-bond donors (Lipinski definition) is 1. The van der Waals surface area contributed by atoms with Crippen LogP contribution in [0.25, 0.3) is 0 Å². The van der Waals surface area contributed by atoms with Gasteiger partial charge in [0.2, 0.25) is 0 Å². The maximum atomic E-state index is 8.82. The van der Waals surface area contributed by atoms with E-state index in [-0.39, 0.29) is 0 Å². The first-order valence-electron chi connectivity index (χ1n) is 2.86. The first-order valence-corrected chi connectivity index (χ1v) is 2.86. The Morgan fingerprint density at radius 2 is 2.12 bits per heavy atom. The van der Waals surface area contributed by atoms with Gasteiger partial charge in [-0.05, 0) is 6.42 Å². The highest BCUT2D eigenvalue weighted by atomic mass is 17.4. The van der Waals surface area contributed by atoms with Crippen LogP contribution in [0.2, 0.25) is 0 Å². The standard InChI is InChI=1S/C5H10O3/c1-2-3-4-5(6)7-8-5/h6H,2-4H2,1H3. The highest BCUT2D eigenvalue weighted by Crippen LogP contribution is 2.30. The fraction of sp³-hybridized carbons (Fsp3) is 1.00. The summed E-state index contributed by atoms with van der Waals surface area (Å²) in [5.74, 6) is -1.20. The Morgan fingerprint density at radius 3 is 2.50 bits per heavy atom. The van der Waals surface area contributed by atoms with Crippen LogP contribution in [-0.4, -0.2) is 11.1 Å². The fourth-order valence-electron chi connectivity index (χ4n) is 0.532. The molecule has 1 N–H and O–H groups in total. The molecule has 0 radical (unpaired) electrons. The van der Waals surface area contributed by atoms with Gasteiger partial charge in [0.1, 0.15) is 0 Å². The van der Waals surface area contributed by atoms with E-state index in [1.165, 1.54) is 0 Å². The zero-order valence-electron chi connectivity index (χ0n) is 4.89. The van der Waals surface area contributed by atoms with Gasteiger partial charge in [-0.1, -0.05) is 13.3 Å². The summed E-state index contributed by atoms with van der Waals surface area (Å²) in [6, 6.07) is 0. The third-order valence-electron chi connectivity index (χ3n) is 1.12. The molecule has 0 unspecified atom stereocenters. The molecule has 3 nitrogen and oxygen atoms in total. The largest absolute Gasteiger partial charge is 0.340 e. The molecule has 8 heavy (non-hydrogen) atoms. The Balaban J connectivity index is 2.01. The second kappa shape index (κ2) is 2.01.